The van der Waals surface area contributed by atoms with Crippen LogP contribution in [0.15, 0.2) is 0 Å². The van der Waals surface area contributed by atoms with E-state index in [4.69, 9.17) is 37.0 Å². The molecule has 88 heavy (non-hydrogen) atoms. The Kier molecular flexibility index (Phi) is 58.7. The van der Waals surface area contributed by atoms with Crippen LogP contribution in [0.25, 0.3) is 0 Å². The van der Waals surface area contributed by atoms with Crippen molar-refractivity contribution in [3.63, 3.8) is 0 Å². The predicted molar refractivity (Wildman–Crippen MR) is 354 cm³/mol. The maximum absolute atomic E-state index is 13.0. The number of phosphoric acid groups is 2. The van der Waals surface area contributed by atoms with Gasteiger partial charge in [-0.15, -0.1) is 0 Å². The summed E-state index contributed by atoms with van der Waals surface area (Å²) in [6.07, 6.45) is 43.3. The van der Waals surface area contributed by atoms with E-state index in [0.717, 1.165) is 102 Å². The number of aliphatic hydroxyl groups is 1. The third-order valence-corrected chi connectivity index (χ3v) is 17.8. The standard InChI is InChI=1S/C69H134O17P2/c1-8-9-10-11-12-13-14-15-16-20-23-28-36-43-50-66(71)79-56-64(85-68(73)52-45-38-29-24-21-18-17-19-22-26-33-40-47-60(2)3)58-83-87(75,76)81-54-63(70)55-82-88(77,78)84-59-65(57-80-67(72)51-44-37-32-31-35-42-49-62(6)7)86-69(74)53-46-39-30-25-27-34-41-48-61(4)5/h60-65,70H,8-59H2,1-7H3,(H,75,76)(H,77,78)/t63-,64-,65-/m1/s1. The van der Waals surface area contributed by atoms with Gasteiger partial charge in [0.05, 0.1) is 26.4 Å². The summed E-state index contributed by atoms with van der Waals surface area (Å²) in [4.78, 5) is 72.4. The van der Waals surface area contributed by atoms with Gasteiger partial charge in [0.25, 0.3) is 0 Å². The largest absolute Gasteiger partial charge is 0.472 e. The van der Waals surface area contributed by atoms with Gasteiger partial charge in [-0.2, -0.15) is 0 Å². The molecule has 2 unspecified atom stereocenters. The third-order valence-electron chi connectivity index (χ3n) is 15.9. The van der Waals surface area contributed by atoms with Crippen LogP contribution in [-0.2, 0) is 65.4 Å². The molecule has 0 radical (unpaired) electrons. The topological polar surface area (TPSA) is 237 Å². The zero-order valence-corrected chi connectivity index (χ0v) is 59.0. The van der Waals surface area contributed by atoms with Gasteiger partial charge in [0.2, 0.25) is 0 Å². The minimum atomic E-state index is -4.95. The number of phosphoric ester groups is 2. The molecule has 0 aliphatic heterocycles. The molecule has 0 aromatic carbocycles. The summed E-state index contributed by atoms with van der Waals surface area (Å²) in [5, 5.41) is 10.6. The molecule has 0 aromatic heterocycles. The smallest absolute Gasteiger partial charge is 0.462 e. The Morgan fingerprint density at radius 1 is 0.307 bits per heavy atom. The Hall–Kier alpha value is -1.94. The van der Waals surface area contributed by atoms with Gasteiger partial charge in [0.1, 0.15) is 19.3 Å². The van der Waals surface area contributed by atoms with Crippen molar-refractivity contribution in [2.24, 2.45) is 17.8 Å². The molecule has 0 rings (SSSR count). The van der Waals surface area contributed by atoms with Gasteiger partial charge in [-0.3, -0.25) is 37.3 Å². The number of rotatable bonds is 67. The summed E-state index contributed by atoms with van der Waals surface area (Å²) in [5.74, 6) is 0.0210. The van der Waals surface area contributed by atoms with E-state index in [1.165, 1.54) is 148 Å². The number of carbonyl (C=O) groups excluding carboxylic acids is 4. The second-order valence-corrected chi connectivity index (χ2v) is 29.3. The molecule has 0 heterocycles. The first-order chi connectivity index (χ1) is 42.2. The average molecular weight is 1300 g/mol. The van der Waals surface area contributed by atoms with Crippen LogP contribution in [0.4, 0.5) is 0 Å². The lowest BCUT2D eigenvalue weighted by atomic mass is 10.0. The summed E-state index contributed by atoms with van der Waals surface area (Å²) in [5.41, 5.74) is 0. The first-order valence-electron chi connectivity index (χ1n) is 35.8. The molecule has 0 saturated heterocycles. The van der Waals surface area contributed by atoms with Crippen molar-refractivity contribution < 1.29 is 80.2 Å². The lowest BCUT2D eigenvalue weighted by molar-refractivity contribution is -0.161. The number of hydrogen-bond donors (Lipinski definition) is 3. The van der Waals surface area contributed by atoms with Gasteiger partial charge in [0.15, 0.2) is 12.2 Å². The Bertz CT molecular complexity index is 1730. The molecule has 0 aromatic rings. The molecule has 19 heteroatoms. The van der Waals surface area contributed by atoms with Crippen molar-refractivity contribution in [2.45, 2.75) is 362 Å². The Balaban J connectivity index is 5.24. The quantitative estimate of drug-likeness (QED) is 0.0222. The maximum atomic E-state index is 13.0. The predicted octanol–water partition coefficient (Wildman–Crippen LogP) is 19.5. The van der Waals surface area contributed by atoms with E-state index in [-0.39, 0.29) is 25.7 Å². The highest BCUT2D eigenvalue weighted by molar-refractivity contribution is 7.47. The van der Waals surface area contributed by atoms with Gasteiger partial charge in [-0.1, -0.05) is 292 Å². The number of aliphatic hydroxyl groups excluding tert-OH is 1. The van der Waals surface area contributed by atoms with E-state index in [2.05, 4.69) is 48.5 Å². The third kappa shape index (κ3) is 62.8. The highest BCUT2D eigenvalue weighted by Crippen LogP contribution is 2.45. The normalized spacial score (nSPS) is 14.2. The van der Waals surface area contributed by atoms with Crippen LogP contribution in [0.2, 0.25) is 0 Å². The van der Waals surface area contributed by atoms with Crippen molar-refractivity contribution in [2.75, 3.05) is 39.6 Å². The summed E-state index contributed by atoms with van der Waals surface area (Å²) in [6, 6.07) is 0. The molecule has 17 nitrogen and oxygen atoms in total. The molecule has 3 N–H and O–H groups in total. The molecular formula is C69H134O17P2. The summed E-state index contributed by atoms with van der Waals surface area (Å²) in [6.45, 7) is 11.7. The van der Waals surface area contributed by atoms with Gasteiger partial charge < -0.3 is 33.8 Å². The van der Waals surface area contributed by atoms with Crippen LogP contribution in [0.5, 0.6) is 0 Å². The van der Waals surface area contributed by atoms with Crippen molar-refractivity contribution >= 4 is 39.5 Å². The molecular weight excluding hydrogens is 1160 g/mol. The van der Waals surface area contributed by atoms with Crippen molar-refractivity contribution in [3.05, 3.63) is 0 Å². The molecule has 522 valence electrons. The van der Waals surface area contributed by atoms with E-state index in [0.29, 0.717) is 37.5 Å². The second kappa shape index (κ2) is 60.0. The zero-order chi connectivity index (χ0) is 65.2. The van der Waals surface area contributed by atoms with E-state index >= 15 is 0 Å². The highest BCUT2D eigenvalue weighted by Gasteiger charge is 2.30. The van der Waals surface area contributed by atoms with Crippen LogP contribution < -0.4 is 0 Å². The number of carbonyl (C=O) groups is 4. The monoisotopic (exact) mass is 1300 g/mol. The molecule has 0 aliphatic carbocycles. The summed E-state index contributed by atoms with van der Waals surface area (Å²) in [7, 11) is -9.90. The Morgan fingerprint density at radius 2 is 0.523 bits per heavy atom. The van der Waals surface area contributed by atoms with E-state index in [9.17, 15) is 43.2 Å². The second-order valence-electron chi connectivity index (χ2n) is 26.3. The van der Waals surface area contributed by atoms with Crippen molar-refractivity contribution in [1.82, 2.24) is 0 Å². The molecule has 0 amide bonds. The average Bonchev–Trinajstić information content (AvgIpc) is 3.69. The Labute approximate surface area is 537 Å². The van der Waals surface area contributed by atoms with Gasteiger partial charge in [0, 0.05) is 25.7 Å². The fourth-order valence-corrected chi connectivity index (χ4v) is 11.9. The van der Waals surface area contributed by atoms with E-state index in [1.54, 1.807) is 0 Å². The molecule has 5 atom stereocenters. The Morgan fingerprint density at radius 3 is 0.773 bits per heavy atom. The number of hydrogen-bond acceptors (Lipinski definition) is 15. The number of esters is 4. The van der Waals surface area contributed by atoms with E-state index < -0.39 is 97.5 Å². The van der Waals surface area contributed by atoms with Crippen LogP contribution in [0.3, 0.4) is 0 Å². The first-order valence-corrected chi connectivity index (χ1v) is 38.8. The lowest BCUT2D eigenvalue weighted by Crippen LogP contribution is -2.30. The van der Waals surface area contributed by atoms with Crippen LogP contribution in [0, 0.1) is 17.8 Å². The van der Waals surface area contributed by atoms with Crippen molar-refractivity contribution in [1.29, 1.82) is 0 Å². The zero-order valence-electron chi connectivity index (χ0n) is 57.2. The molecule has 0 spiro atoms. The highest BCUT2D eigenvalue weighted by atomic mass is 31.2. The minimum Gasteiger partial charge on any atom is -0.462 e. The van der Waals surface area contributed by atoms with Crippen LogP contribution in [0.1, 0.15) is 344 Å². The van der Waals surface area contributed by atoms with Gasteiger partial charge in [-0.05, 0) is 43.4 Å². The van der Waals surface area contributed by atoms with E-state index in [1.807, 2.05) is 0 Å². The van der Waals surface area contributed by atoms with Gasteiger partial charge >= 0.3 is 39.5 Å². The molecule has 0 aliphatic rings. The molecule has 0 saturated carbocycles. The van der Waals surface area contributed by atoms with Crippen LogP contribution in [-0.4, -0.2) is 96.7 Å². The fourth-order valence-electron chi connectivity index (χ4n) is 10.4. The fraction of sp³-hybridized carbons (Fsp3) is 0.942. The SMILES string of the molecule is CCCCCCCCCCCCCCCCC(=O)OC[C@H](COP(=O)(O)OC[C@@H](O)COP(=O)(O)OC[C@@H](COC(=O)CCCCCCCCC(C)C)OC(=O)CCCCCCCCCC(C)C)OC(=O)CCCCCCCCCCCCCCC(C)C. The minimum absolute atomic E-state index is 0.102. The maximum Gasteiger partial charge on any atom is 0.472 e. The number of unbranched alkanes of at least 4 members (excludes halogenated alkanes) is 35. The van der Waals surface area contributed by atoms with Crippen LogP contribution >= 0.6 is 15.6 Å². The first kappa shape index (κ1) is 86.1. The van der Waals surface area contributed by atoms with Gasteiger partial charge in [-0.25, -0.2) is 9.13 Å². The molecule has 0 fully saturated rings. The molecule has 0 bridgehead atoms. The van der Waals surface area contributed by atoms with Crippen molar-refractivity contribution in [3.8, 4) is 0 Å². The summed E-state index contributed by atoms with van der Waals surface area (Å²) >= 11 is 0. The lowest BCUT2D eigenvalue weighted by Gasteiger charge is -2.21. The number of ether oxygens (including phenoxy) is 4. The summed E-state index contributed by atoms with van der Waals surface area (Å²) < 4.78 is 68.2.